The lowest BCUT2D eigenvalue weighted by Crippen LogP contribution is -2.47. The van der Waals surface area contributed by atoms with Crippen molar-refractivity contribution in [3.05, 3.63) is 11.4 Å². The van der Waals surface area contributed by atoms with Gasteiger partial charge in [0.1, 0.15) is 0 Å². The number of fused-ring (bicyclic) bond motifs is 3. The molecule has 60 valence electrons. The van der Waals surface area contributed by atoms with Crippen LogP contribution in [0.5, 0.6) is 0 Å². The van der Waals surface area contributed by atoms with Gasteiger partial charge in [-0.25, -0.2) is 11.5 Å². The van der Waals surface area contributed by atoms with Gasteiger partial charge in [-0.1, -0.05) is 0 Å². The first-order valence-corrected chi connectivity index (χ1v) is 4.47. The van der Waals surface area contributed by atoms with Crippen LogP contribution in [0.3, 0.4) is 0 Å². The molecule has 11 heavy (non-hydrogen) atoms. The third-order valence-electron chi connectivity index (χ3n) is 3.08. The van der Waals surface area contributed by atoms with Gasteiger partial charge in [0.05, 0.1) is 0 Å². The van der Waals surface area contributed by atoms with Crippen LogP contribution < -0.4 is 0 Å². The van der Waals surface area contributed by atoms with Crippen LogP contribution in [0.4, 0.5) is 0 Å². The minimum atomic E-state index is 0.640. The summed E-state index contributed by atoms with van der Waals surface area (Å²) >= 11 is 0. The molecule has 1 aliphatic carbocycles. The average molecular weight is 150 g/mol. The Labute approximate surface area is 68.0 Å². The Hall–Kier alpha value is -0.550. The second kappa shape index (κ2) is 2.83. The fourth-order valence-corrected chi connectivity index (χ4v) is 2.44. The van der Waals surface area contributed by atoms with E-state index in [-0.39, 0.29) is 0 Å². The molecule has 2 aliphatic heterocycles. The fraction of sp³-hybridized carbons (Fsp3) is 0.889. The molecule has 2 saturated heterocycles. The minimum Gasteiger partial charge on any atom is -0.299 e. The normalized spacial score (nSPS) is 37.0. The van der Waals surface area contributed by atoms with E-state index in [0.717, 1.165) is 12.0 Å². The Morgan fingerprint density at radius 1 is 1.27 bits per heavy atom. The van der Waals surface area contributed by atoms with Crippen molar-refractivity contribution >= 4 is 0 Å². The summed E-state index contributed by atoms with van der Waals surface area (Å²) in [6.07, 6.45) is 5.53. The van der Waals surface area contributed by atoms with Gasteiger partial charge < -0.3 is 0 Å². The molecule has 0 aromatic heterocycles. The monoisotopic (exact) mass is 150 g/mol. The summed E-state index contributed by atoms with van der Waals surface area (Å²) in [7, 11) is 0. The molecule has 2 bridgehead atoms. The zero-order valence-corrected chi connectivity index (χ0v) is 6.79. The largest absolute Gasteiger partial charge is 0.299 e. The van der Waals surface area contributed by atoms with E-state index in [9.17, 15) is 0 Å². The van der Waals surface area contributed by atoms with E-state index in [0.29, 0.717) is 6.67 Å². The zero-order chi connectivity index (χ0) is 7.68. The maximum absolute atomic E-state index is 6.80. The molecule has 3 fully saturated rings. The summed E-state index contributed by atoms with van der Waals surface area (Å²) in [5, 5.41) is 0. The van der Waals surface area contributed by atoms with Crippen LogP contribution in [-0.2, 0) is 0 Å². The third-order valence-corrected chi connectivity index (χ3v) is 3.08. The molecule has 3 aliphatic rings. The molecule has 0 aromatic carbocycles. The van der Waals surface area contributed by atoms with Crippen LogP contribution in [0.25, 0.3) is 4.85 Å². The molecule has 0 unspecified atom stereocenters. The van der Waals surface area contributed by atoms with Crippen molar-refractivity contribution in [1.82, 2.24) is 4.90 Å². The zero-order valence-electron chi connectivity index (χ0n) is 6.79. The van der Waals surface area contributed by atoms with Crippen LogP contribution in [0, 0.1) is 12.5 Å². The molecule has 0 amide bonds. The average Bonchev–Trinajstić information content (AvgIpc) is 2.07. The second-order valence-corrected chi connectivity index (χ2v) is 3.75. The predicted molar refractivity (Wildman–Crippen MR) is 43.9 cm³/mol. The topological polar surface area (TPSA) is 7.60 Å². The van der Waals surface area contributed by atoms with Gasteiger partial charge in [-0.2, -0.15) is 0 Å². The highest BCUT2D eigenvalue weighted by Gasteiger charge is 2.34. The SMILES string of the molecule is [C-]#[N+]CN1CC2CCC1CC2. The van der Waals surface area contributed by atoms with E-state index in [2.05, 4.69) is 9.74 Å². The van der Waals surface area contributed by atoms with Crippen LogP contribution >= 0.6 is 0 Å². The highest BCUT2D eigenvalue weighted by Crippen LogP contribution is 2.34. The van der Waals surface area contributed by atoms with Gasteiger partial charge in [-0.15, -0.1) is 0 Å². The lowest BCUT2D eigenvalue weighted by Gasteiger charge is -2.42. The summed E-state index contributed by atoms with van der Waals surface area (Å²) in [5.41, 5.74) is 0. The number of hydrogen-bond acceptors (Lipinski definition) is 1. The van der Waals surface area contributed by atoms with E-state index in [4.69, 9.17) is 6.57 Å². The first kappa shape index (κ1) is 7.12. The molecule has 2 heterocycles. The van der Waals surface area contributed by atoms with Crippen LogP contribution in [0.2, 0.25) is 0 Å². The Bertz CT molecular complexity index is 174. The molecule has 2 nitrogen and oxygen atoms in total. The molecule has 0 spiro atoms. The second-order valence-electron chi connectivity index (χ2n) is 3.75. The van der Waals surface area contributed by atoms with E-state index >= 15 is 0 Å². The van der Waals surface area contributed by atoms with E-state index in [1.165, 1.54) is 32.2 Å². The highest BCUT2D eigenvalue weighted by molar-refractivity contribution is 4.88. The standard InChI is InChI=1S/C9H14N2/c1-10-7-11-6-8-2-4-9(11)5-3-8/h8-9H,2-7H2. The lowest BCUT2D eigenvalue weighted by molar-refractivity contribution is 0.0589. The molecule has 0 N–H and O–H groups in total. The van der Waals surface area contributed by atoms with Gasteiger partial charge in [0.15, 0.2) is 0 Å². The van der Waals surface area contributed by atoms with Gasteiger partial charge in [0, 0.05) is 12.6 Å². The van der Waals surface area contributed by atoms with Crippen molar-refractivity contribution in [3.63, 3.8) is 0 Å². The van der Waals surface area contributed by atoms with Crippen LogP contribution in [0.15, 0.2) is 0 Å². The van der Waals surface area contributed by atoms with Crippen molar-refractivity contribution in [2.24, 2.45) is 5.92 Å². The summed E-state index contributed by atoms with van der Waals surface area (Å²) in [6.45, 7) is 8.64. The molecular weight excluding hydrogens is 136 g/mol. The quantitative estimate of drug-likeness (QED) is 0.517. The van der Waals surface area contributed by atoms with Crippen molar-refractivity contribution in [3.8, 4) is 0 Å². The maximum atomic E-state index is 6.80. The summed E-state index contributed by atoms with van der Waals surface area (Å²) in [4.78, 5) is 5.82. The highest BCUT2D eigenvalue weighted by atomic mass is 15.2. The Balaban J connectivity index is 1.98. The number of hydrogen-bond donors (Lipinski definition) is 0. The van der Waals surface area contributed by atoms with Crippen molar-refractivity contribution in [2.75, 3.05) is 13.2 Å². The molecular formula is C9H14N2. The Morgan fingerprint density at radius 3 is 2.45 bits per heavy atom. The summed E-state index contributed by atoms with van der Waals surface area (Å²) < 4.78 is 0. The van der Waals surface area contributed by atoms with Crippen LogP contribution in [-0.4, -0.2) is 24.2 Å². The molecule has 0 radical (unpaired) electrons. The van der Waals surface area contributed by atoms with Gasteiger partial charge in [0.25, 0.3) is 6.67 Å². The number of rotatable bonds is 1. The van der Waals surface area contributed by atoms with Gasteiger partial charge >= 0.3 is 0 Å². The first-order chi connectivity index (χ1) is 5.40. The van der Waals surface area contributed by atoms with Crippen molar-refractivity contribution in [1.29, 1.82) is 0 Å². The van der Waals surface area contributed by atoms with Crippen molar-refractivity contribution in [2.45, 2.75) is 31.7 Å². The minimum absolute atomic E-state index is 0.640. The van der Waals surface area contributed by atoms with E-state index < -0.39 is 0 Å². The van der Waals surface area contributed by atoms with E-state index in [1.807, 2.05) is 0 Å². The van der Waals surface area contributed by atoms with Gasteiger partial charge in [0.2, 0.25) is 0 Å². The predicted octanol–water partition coefficient (Wildman–Crippen LogP) is 1.74. The first-order valence-electron chi connectivity index (χ1n) is 4.47. The summed E-state index contributed by atoms with van der Waals surface area (Å²) in [6, 6.07) is 0.758. The van der Waals surface area contributed by atoms with Crippen molar-refractivity contribution < 1.29 is 0 Å². The molecule has 3 rings (SSSR count). The number of nitrogens with zero attached hydrogens (tertiary/aromatic N) is 2. The fourth-order valence-electron chi connectivity index (χ4n) is 2.44. The van der Waals surface area contributed by atoms with Gasteiger partial charge in [-0.05, 0) is 31.6 Å². The Kier molecular flexibility index (Phi) is 1.83. The number of piperidine rings is 2. The lowest BCUT2D eigenvalue weighted by atomic mass is 9.80. The molecule has 1 saturated carbocycles. The third kappa shape index (κ3) is 1.25. The van der Waals surface area contributed by atoms with Crippen LogP contribution in [0.1, 0.15) is 25.7 Å². The summed E-state index contributed by atoms with van der Waals surface area (Å²) in [5.74, 6) is 0.918. The molecule has 0 atom stereocenters. The smallest absolute Gasteiger partial charge is 0.270 e. The Morgan fingerprint density at radius 2 is 2.00 bits per heavy atom. The molecule has 2 heteroatoms. The van der Waals surface area contributed by atoms with E-state index in [1.54, 1.807) is 0 Å². The molecule has 0 aromatic rings. The van der Waals surface area contributed by atoms with Gasteiger partial charge in [-0.3, -0.25) is 4.85 Å². The maximum Gasteiger partial charge on any atom is 0.270 e.